The van der Waals surface area contributed by atoms with E-state index in [1.807, 2.05) is 30.3 Å². The molecule has 2 aromatic rings. The molecule has 0 aliphatic carbocycles. The quantitative estimate of drug-likeness (QED) is 0.573. The Kier molecular flexibility index (Phi) is 4.82. The lowest BCUT2D eigenvalue weighted by Gasteiger charge is -2.12. The van der Waals surface area contributed by atoms with Crippen LogP contribution < -0.4 is 0 Å². The summed E-state index contributed by atoms with van der Waals surface area (Å²) in [5, 5.41) is -0.253. The first-order valence-corrected chi connectivity index (χ1v) is 7.42. The molecular weight excluding hydrogens is 382 g/mol. The third kappa shape index (κ3) is 3.34. The molecule has 0 nitrogen and oxygen atoms in total. The summed E-state index contributed by atoms with van der Waals surface area (Å²) in [6.07, 6.45) is 0.664. The van der Waals surface area contributed by atoms with Gasteiger partial charge in [-0.15, -0.1) is 11.6 Å². The molecule has 0 aliphatic heterocycles. The van der Waals surface area contributed by atoms with Crippen LogP contribution in [0.4, 0.5) is 4.39 Å². The second kappa shape index (κ2) is 6.18. The van der Waals surface area contributed by atoms with E-state index in [0.717, 1.165) is 15.6 Å². The fraction of sp³-hybridized carbons (Fsp3) is 0.143. The van der Waals surface area contributed by atoms with Gasteiger partial charge in [-0.25, -0.2) is 4.39 Å². The Labute approximate surface area is 127 Å². The molecule has 0 aromatic heterocycles. The smallest absolute Gasteiger partial charge is 0.137 e. The van der Waals surface area contributed by atoms with Crippen LogP contribution in [0.1, 0.15) is 16.5 Å². The molecule has 1 unspecified atom stereocenters. The summed E-state index contributed by atoms with van der Waals surface area (Å²) < 4.78 is 14.9. The lowest BCUT2D eigenvalue weighted by Crippen LogP contribution is -1.98. The Morgan fingerprint density at radius 1 is 1.06 bits per heavy atom. The third-order valence-electron chi connectivity index (χ3n) is 2.65. The molecule has 2 aromatic carbocycles. The summed E-state index contributed by atoms with van der Waals surface area (Å²) in [5.41, 5.74) is 1.90. The Morgan fingerprint density at radius 2 is 1.72 bits per heavy atom. The van der Waals surface area contributed by atoms with Gasteiger partial charge >= 0.3 is 0 Å². The monoisotopic (exact) mass is 390 g/mol. The lowest BCUT2D eigenvalue weighted by atomic mass is 10.0. The fourth-order valence-corrected chi connectivity index (χ4v) is 3.00. The second-order valence-electron chi connectivity index (χ2n) is 3.94. The van der Waals surface area contributed by atoms with E-state index in [4.69, 9.17) is 11.6 Å². The van der Waals surface area contributed by atoms with Crippen molar-refractivity contribution in [3.8, 4) is 0 Å². The molecule has 4 heteroatoms. The Hall–Kier alpha value is -0.380. The van der Waals surface area contributed by atoms with Crippen LogP contribution in [0.3, 0.4) is 0 Å². The number of alkyl halides is 1. The molecule has 0 amide bonds. The van der Waals surface area contributed by atoms with Gasteiger partial charge in [0, 0.05) is 4.47 Å². The van der Waals surface area contributed by atoms with Crippen molar-refractivity contribution in [2.45, 2.75) is 11.8 Å². The van der Waals surface area contributed by atoms with Crippen molar-refractivity contribution in [3.63, 3.8) is 0 Å². The molecule has 0 aliphatic rings. The summed E-state index contributed by atoms with van der Waals surface area (Å²) in [7, 11) is 0. The van der Waals surface area contributed by atoms with Crippen molar-refractivity contribution in [2.24, 2.45) is 0 Å². The van der Waals surface area contributed by atoms with Crippen molar-refractivity contribution in [3.05, 3.63) is 68.4 Å². The van der Waals surface area contributed by atoms with Gasteiger partial charge in [0.2, 0.25) is 0 Å². The first kappa shape index (κ1) is 14.0. The van der Waals surface area contributed by atoms with E-state index in [0.29, 0.717) is 10.9 Å². The highest BCUT2D eigenvalue weighted by molar-refractivity contribution is 9.10. The normalized spacial score (nSPS) is 12.4. The third-order valence-corrected chi connectivity index (χ3v) is 4.40. The molecular formula is C14H10Br2ClF. The maximum absolute atomic E-state index is 13.4. The van der Waals surface area contributed by atoms with Crippen LogP contribution in [-0.4, -0.2) is 0 Å². The zero-order valence-corrected chi connectivity index (χ0v) is 13.3. The lowest BCUT2D eigenvalue weighted by molar-refractivity contribution is 0.617. The molecule has 0 N–H and O–H groups in total. The first-order chi connectivity index (χ1) is 8.58. The van der Waals surface area contributed by atoms with Crippen molar-refractivity contribution in [1.82, 2.24) is 0 Å². The first-order valence-electron chi connectivity index (χ1n) is 5.40. The van der Waals surface area contributed by atoms with E-state index in [9.17, 15) is 4.39 Å². The SMILES string of the molecule is Fc1cccc(C(Cl)Cc2ccc(Br)cc2)c1Br. The van der Waals surface area contributed by atoms with E-state index in [-0.39, 0.29) is 11.2 Å². The molecule has 0 fully saturated rings. The van der Waals surface area contributed by atoms with E-state index in [1.54, 1.807) is 6.07 Å². The molecule has 0 saturated heterocycles. The molecule has 2 rings (SSSR count). The molecule has 1 atom stereocenters. The molecule has 0 saturated carbocycles. The van der Waals surface area contributed by atoms with Gasteiger partial charge in [-0.3, -0.25) is 0 Å². The number of hydrogen-bond donors (Lipinski definition) is 0. The highest BCUT2D eigenvalue weighted by atomic mass is 79.9. The van der Waals surface area contributed by atoms with Crippen LogP contribution in [0.5, 0.6) is 0 Å². The zero-order chi connectivity index (χ0) is 13.1. The Balaban J connectivity index is 2.19. The van der Waals surface area contributed by atoms with Crippen LogP contribution in [0.15, 0.2) is 51.4 Å². The maximum atomic E-state index is 13.4. The Bertz CT molecular complexity index is 540. The minimum Gasteiger partial charge on any atom is -0.206 e. The summed E-state index contributed by atoms with van der Waals surface area (Å²) in [6.45, 7) is 0. The van der Waals surface area contributed by atoms with Crippen LogP contribution >= 0.6 is 43.5 Å². The molecule has 94 valence electrons. The fourth-order valence-electron chi connectivity index (χ4n) is 1.70. The van der Waals surface area contributed by atoms with Crippen molar-refractivity contribution >= 4 is 43.5 Å². The van der Waals surface area contributed by atoms with Crippen LogP contribution in [0.2, 0.25) is 0 Å². The summed E-state index contributed by atoms with van der Waals surface area (Å²) in [4.78, 5) is 0. The van der Waals surface area contributed by atoms with Gasteiger partial charge in [-0.1, -0.05) is 40.2 Å². The number of hydrogen-bond acceptors (Lipinski definition) is 0. The van der Waals surface area contributed by atoms with Crippen LogP contribution in [0.25, 0.3) is 0 Å². The molecule has 0 radical (unpaired) electrons. The molecule has 18 heavy (non-hydrogen) atoms. The average Bonchev–Trinajstić information content (AvgIpc) is 2.35. The van der Waals surface area contributed by atoms with Gasteiger partial charge in [0.25, 0.3) is 0 Å². The standard InChI is InChI=1S/C14H10Br2ClF/c15-10-6-4-9(5-7-10)8-12(17)11-2-1-3-13(18)14(11)16/h1-7,12H,8H2. The number of halogens is 4. The van der Waals surface area contributed by atoms with E-state index in [2.05, 4.69) is 31.9 Å². The predicted molar refractivity (Wildman–Crippen MR) is 80.5 cm³/mol. The average molecular weight is 392 g/mol. The van der Waals surface area contributed by atoms with Gasteiger partial charge in [0.1, 0.15) is 5.82 Å². The van der Waals surface area contributed by atoms with E-state index < -0.39 is 0 Å². The maximum Gasteiger partial charge on any atom is 0.137 e. The molecule has 0 bridgehead atoms. The van der Waals surface area contributed by atoms with Gasteiger partial charge in [-0.05, 0) is 51.7 Å². The summed E-state index contributed by atoms with van der Waals surface area (Å²) in [6, 6.07) is 12.9. The molecule has 0 spiro atoms. The topological polar surface area (TPSA) is 0 Å². The Morgan fingerprint density at radius 3 is 2.39 bits per heavy atom. The van der Waals surface area contributed by atoms with E-state index >= 15 is 0 Å². The van der Waals surface area contributed by atoms with Crippen molar-refractivity contribution < 1.29 is 4.39 Å². The van der Waals surface area contributed by atoms with Crippen molar-refractivity contribution in [2.75, 3.05) is 0 Å². The summed E-state index contributed by atoms with van der Waals surface area (Å²) in [5.74, 6) is -0.283. The highest BCUT2D eigenvalue weighted by Gasteiger charge is 2.14. The zero-order valence-electron chi connectivity index (χ0n) is 9.34. The van der Waals surface area contributed by atoms with Crippen LogP contribution in [-0.2, 0) is 6.42 Å². The number of benzene rings is 2. The largest absolute Gasteiger partial charge is 0.206 e. The number of rotatable bonds is 3. The minimum absolute atomic E-state index is 0.253. The molecule has 0 heterocycles. The summed E-state index contributed by atoms with van der Waals surface area (Å²) >= 11 is 13.0. The minimum atomic E-state index is -0.283. The predicted octanol–water partition coefficient (Wildman–Crippen LogP) is 5.87. The van der Waals surface area contributed by atoms with Gasteiger partial charge in [-0.2, -0.15) is 0 Å². The van der Waals surface area contributed by atoms with Gasteiger partial charge < -0.3 is 0 Å². The van der Waals surface area contributed by atoms with E-state index in [1.165, 1.54) is 6.07 Å². The van der Waals surface area contributed by atoms with Gasteiger partial charge in [0.15, 0.2) is 0 Å². The second-order valence-corrected chi connectivity index (χ2v) is 6.18. The van der Waals surface area contributed by atoms with Gasteiger partial charge in [0.05, 0.1) is 9.85 Å². The van der Waals surface area contributed by atoms with Crippen LogP contribution in [0, 0.1) is 5.82 Å². The highest BCUT2D eigenvalue weighted by Crippen LogP contribution is 2.32. The van der Waals surface area contributed by atoms with Crippen molar-refractivity contribution in [1.29, 1.82) is 0 Å².